The minimum absolute atomic E-state index is 0.197. The quantitative estimate of drug-likeness (QED) is 0.771. The SMILES string of the molecule is O=C(O)c1ccc(/C(F)=C\c2ccc3c(c2)C2CCC3C2)c(F)c1. The molecule has 122 valence electrons. The molecular formula is C20H16F2O2. The largest absolute Gasteiger partial charge is 0.478 e. The Labute approximate surface area is 138 Å². The molecule has 2 aliphatic rings. The molecule has 2 nitrogen and oxygen atoms in total. The molecular weight excluding hydrogens is 310 g/mol. The fourth-order valence-electron chi connectivity index (χ4n) is 4.02. The van der Waals surface area contributed by atoms with Crippen LogP contribution in [0.4, 0.5) is 8.78 Å². The molecule has 4 heteroatoms. The fraction of sp³-hybridized carbons (Fsp3) is 0.250. The van der Waals surface area contributed by atoms with E-state index in [1.807, 2.05) is 12.1 Å². The van der Waals surface area contributed by atoms with Crippen LogP contribution in [-0.2, 0) is 0 Å². The lowest BCUT2D eigenvalue weighted by Gasteiger charge is -2.15. The predicted octanol–water partition coefficient (Wildman–Crippen LogP) is 5.36. The molecule has 24 heavy (non-hydrogen) atoms. The van der Waals surface area contributed by atoms with Gasteiger partial charge in [-0.1, -0.05) is 18.2 Å². The fourth-order valence-corrected chi connectivity index (χ4v) is 4.02. The van der Waals surface area contributed by atoms with Crippen LogP contribution < -0.4 is 0 Å². The summed E-state index contributed by atoms with van der Waals surface area (Å²) in [6.07, 6.45) is 4.93. The molecule has 0 saturated heterocycles. The van der Waals surface area contributed by atoms with E-state index in [-0.39, 0.29) is 11.1 Å². The van der Waals surface area contributed by atoms with E-state index in [0.717, 1.165) is 6.07 Å². The van der Waals surface area contributed by atoms with Crippen LogP contribution in [0.25, 0.3) is 11.9 Å². The summed E-state index contributed by atoms with van der Waals surface area (Å²) in [5, 5.41) is 8.84. The number of hydrogen-bond acceptors (Lipinski definition) is 1. The maximum absolute atomic E-state index is 14.4. The molecule has 0 spiro atoms. The van der Waals surface area contributed by atoms with Crippen LogP contribution in [0.5, 0.6) is 0 Å². The second-order valence-corrected chi connectivity index (χ2v) is 6.59. The van der Waals surface area contributed by atoms with Crippen molar-refractivity contribution in [2.24, 2.45) is 0 Å². The smallest absolute Gasteiger partial charge is 0.335 e. The van der Waals surface area contributed by atoms with Gasteiger partial charge in [0, 0.05) is 5.56 Å². The Morgan fingerprint density at radius 1 is 1.08 bits per heavy atom. The Bertz CT molecular complexity index is 870. The number of halogens is 2. The molecule has 1 fully saturated rings. The number of benzene rings is 2. The number of hydrogen-bond donors (Lipinski definition) is 1. The van der Waals surface area contributed by atoms with Crippen molar-refractivity contribution >= 4 is 17.9 Å². The number of fused-ring (bicyclic) bond motifs is 5. The van der Waals surface area contributed by atoms with Crippen LogP contribution in [0.1, 0.15) is 63.7 Å². The van der Waals surface area contributed by atoms with E-state index in [0.29, 0.717) is 17.4 Å². The average Bonchev–Trinajstić information content (AvgIpc) is 3.16. The van der Waals surface area contributed by atoms with E-state index in [4.69, 9.17) is 5.11 Å². The van der Waals surface area contributed by atoms with Gasteiger partial charge in [0.2, 0.25) is 0 Å². The molecule has 2 unspecified atom stereocenters. The number of carbonyl (C=O) groups is 1. The van der Waals surface area contributed by atoms with Crippen LogP contribution in [0.3, 0.4) is 0 Å². The van der Waals surface area contributed by atoms with E-state index < -0.39 is 17.6 Å². The van der Waals surface area contributed by atoms with E-state index >= 15 is 0 Å². The summed E-state index contributed by atoms with van der Waals surface area (Å²) in [5.74, 6) is -1.59. The second-order valence-electron chi connectivity index (χ2n) is 6.59. The third-order valence-electron chi connectivity index (χ3n) is 5.19. The van der Waals surface area contributed by atoms with Gasteiger partial charge in [0.05, 0.1) is 5.56 Å². The van der Waals surface area contributed by atoms with Crippen molar-refractivity contribution < 1.29 is 18.7 Å². The first-order valence-electron chi connectivity index (χ1n) is 8.07. The number of rotatable bonds is 3. The van der Waals surface area contributed by atoms with Gasteiger partial charge in [-0.25, -0.2) is 13.6 Å². The molecule has 2 aliphatic carbocycles. The Balaban J connectivity index is 1.67. The molecule has 0 amide bonds. The van der Waals surface area contributed by atoms with Crippen LogP contribution >= 0.6 is 0 Å². The second kappa shape index (κ2) is 5.55. The Kier molecular flexibility index (Phi) is 3.48. The highest BCUT2D eigenvalue weighted by atomic mass is 19.1. The standard InChI is InChI=1S/C20H16F2O2/c21-18(16-6-4-14(20(23)24)10-19(16)22)8-11-1-5-15-12-2-3-13(9-12)17(15)7-11/h1,4-8,10,12-13H,2-3,9H2,(H,23,24)/b18-8+. The lowest BCUT2D eigenvalue weighted by atomic mass is 9.90. The average molecular weight is 326 g/mol. The molecule has 0 heterocycles. The summed E-state index contributed by atoms with van der Waals surface area (Å²) in [6, 6.07) is 9.13. The van der Waals surface area contributed by atoms with Crippen molar-refractivity contribution in [3.05, 3.63) is 70.0 Å². The molecule has 2 aromatic rings. The highest BCUT2D eigenvalue weighted by Crippen LogP contribution is 2.53. The van der Waals surface area contributed by atoms with Crippen LogP contribution in [0.15, 0.2) is 36.4 Å². The van der Waals surface area contributed by atoms with Gasteiger partial charge >= 0.3 is 5.97 Å². The molecule has 1 N–H and O–H groups in total. The normalized spacial score (nSPS) is 21.8. The first-order valence-corrected chi connectivity index (χ1v) is 8.07. The molecule has 2 atom stereocenters. The first-order chi connectivity index (χ1) is 11.5. The molecule has 0 radical (unpaired) electrons. The van der Waals surface area contributed by atoms with Gasteiger partial charge in [0.25, 0.3) is 0 Å². The highest BCUT2D eigenvalue weighted by molar-refractivity contribution is 5.88. The van der Waals surface area contributed by atoms with Gasteiger partial charge in [0.15, 0.2) is 0 Å². The summed E-state index contributed by atoms with van der Waals surface area (Å²) in [4.78, 5) is 10.8. The first kappa shape index (κ1) is 15.1. The maximum atomic E-state index is 14.4. The van der Waals surface area contributed by atoms with Crippen molar-refractivity contribution in [2.45, 2.75) is 31.1 Å². The van der Waals surface area contributed by atoms with Crippen molar-refractivity contribution in [3.8, 4) is 0 Å². The number of carboxylic acid groups (broad SMARTS) is 1. The molecule has 4 rings (SSSR count). The monoisotopic (exact) mass is 326 g/mol. The van der Waals surface area contributed by atoms with Crippen molar-refractivity contribution in [3.63, 3.8) is 0 Å². The van der Waals surface area contributed by atoms with Crippen LogP contribution in [0, 0.1) is 5.82 Å². The Morgan fingerprint density at radius 2 is 1.83 bits per heavy atom. The van der Waals surface area contributed by atoms with E-state index in [1.165, 1.54) is 48.6 Å². The summed E-state index contributed by atoms with van der Waals surface area (Å²) in [6.45, 7) is 0. The van der Waals surface area contributed by atoms with Gasteiger partial charge in [-0.05, 0) is 72.1 Å². The maximum Gasteiger partial charge on any atom is 0.335 e. The minimum atomic E-state index is -1.24. The summed E-state index contributed by atoms with van der Waals surface area (Å²) < 4.78 is 28.4. The van der Waals surface area contributed by atoms with E-state index in [9.17, 15) is 13.6 Å². The summed E-state index contributed by atoms with van der Waals surface area (Å²) >= 11 is 0. The molecule has 2 aromatic carbocycles. The lowest BCUT2D eigenvalue weighted by Crippen LogP contribution is -1.99. The molecule has 2 bridgehead atoms. The lowest BCUT2D eigenvalue weighted by molar-refractivity contribution is 0.0696. The molecule has 1 saturated carbocycles. The third-order valence-corrected chi connectivity index (χ3v) is 5.19. The Hall–Kier alpha value is -2.49. The summed E-state index contributed by atoms with van der Waals surface area (Å²) in [5.41, 5.74) is 2.97. The number of aromatic carboxylic acids is 1. The number of carboxylic acids is 1. The van der Waals surface area contributed by atoms with Crippen LogP contribution in [-0.4, -0.2) is 11.1 Å². The molecule has 0 aliphatic heterocycles. The van der Waals surface area contributed by atoms with Gasteiger partial charge in [-0.15, -0.1) is 0 Å². The zero-order chi connectivity index (χ0) is 16.8. The summed E-state index contributed by atoms with van der Waals surface area (Å²) in [7, 11) is 0. The van der Waals surface area contributed by atoms with E-state index in [2.05, 4.69) is 6.07 Å². The van der Waals surface area contributed by atoms with Gasteiger partial charge in [-0.3, -0.25) is 0 Å². The Morgan fingerprint density at radius 3 is 2.54 bits per heavy atom. The topological polar surface area (TPSA) is 37.3 Å². The zero-order valence-corrected chi connectivity index (χ0v) is 12.9. The van der Waals surface area contributed by atoms with Crippen LogP contribution in [0.2, 0.25) is 0 Å². The van der Waals surface area contributed by atoms with Gasteiger partial charge in [-0.2, -0.15) is 0 Å². The predicted molar refractivity (Wildman–Crippen MR) is 88.1 cm³/mol. The van der Waals surface area contributed by atoms with Gasteiger partial charge in [0.1, 0.15) is 11.6 Å². The van der Waals surface area contributed by atoms with E-state index in [1.54, 1.807) is 0 Å². The van der Waals surface area contributed by atoms with Gasteiger partial charge < -0.3 is 5.11 Å². The highest BCUT2D eigenvalue weighted by Gasteiger charge is 2.36. The minimum Gasteiger partial charge on any atom is -0.478 e. The molecule has 0 aromatic heterocycles. The zero-order valence-electron chi connectivity index (χ0n) is 12.9. The van der Waals surface area contributed by atoms with Crippen molar-refractivity contribution in [1.29, 1.82) is 0 Å². The van der Waals surface area contributed by atoms with Crippen molar-refractivity contribution in [2.75, 3.05) is 0 Å². The van der Waals surface area contributed by atoms with Crippen molar-refractivity contribution in [1.82, 2.24) is 0 Å². The third kappa shape index (κ3) is 2.42.